The summed E-state index contributed by atoms with van der Waals surface area (Å²) in [6.45, 7) is 0.839. The number of hydrogen-bond donors (Lipinski definition) is 1. The van der Waals surface area contributed by atoms with Gasteiger partial charge in [-0.25, -0.2) is 0 Å². The van der Waals surface area contributed by atoms with Crippen molar-refractivity contribution < 1.29 is 0 Å². The molecular weight excluding hydrogens is 194 g/mol. The quantitative estimate of drug-likeness (QED) is 0.804. The standard InChI is InChI=1S/C15H23N/c16-12-15(11-14-8-4-5-9-14)10-13-6-2-1-3-7-13/h1-3,6-7,14-15H,4-5,8-12,16H2. The Bertz CT molecular complexity index is 288. The lowest BCUT2D eigenvalue weighted by Gasteiger charge is -2.18. The summed E-state index contributed by atoms with van der Waals surface area (Å²) in [7, 11) is 0. The van der Waals surface area contributed by atoms with Gasteiger partial charge in [0.15, 0.2) is 0 Å². The summed E-state index contributed by atoms with van der Waals surface area (Å²) in [6.07, 6.45) is 8.25. The van der Waals surface area contributed by atoms with E-state index < -0.39 is 0 Å². The highest BCUT2D eigenvalue weighted by molar-refractivity contribution is 5.15. The van der Waals surface area contributed by atoms with Crippen LogP contribution in [0.4, 0.5) is 0 Å². The molecule has 1 unspecified atom stereocenters. The Morgan fingerprint density at radius 2 is 1.81 bits per heavy atom. The van der Waals surface area contributed by atoms with Crippen LogP contribution in [0.3, 0.4) is 0 Å². The second-order valence-electron chi connectivity index (χ2n) is 5.18. The third-order valence-electron chi connectivity index (χ3n) is 3.84. The molecule has 0 aromatic heterocycles. The Balaban J connectivity index is 1.85. The minimum absolute atomic E-state index is 0.686. The first-order valence-electron chi connectivity index (χ1n) is 6.62. The van der Waals surface area contributed by atoms with Crippen molar-refractivity contribution in [3.8, 4) is 0 Å². The second kappa shape index (κ2) is 6.05. The van der Waals surface area contributed by atoms with Gasteiger partial charge in [0, 0.05) is 0 Å². The van der Waals surface area contributed by atoms with Crippen LogP contribution in [0.1, 0.15) is 37.7 Å². The van der Waals surface area contributed by atoms with E-state index in [1.807, 2.05) is 0 Å². The molecule has 0 aliphatic heterocycles. The Morgan fingerprint density at radius 3 is 2.44 bits per heavy atom. The van der Waals surface area contributed by atoms with Gasteiger partial charge in [-0.2, -0.15) is 0 Å². The van der Waals surface area contributed by atoms with E-state index in [-0.39, 0.29) is 0 Å². The van der Waals surface area contributed by atoms with Crippen molar-refractivity contribution >= 4 is 0 Å². The minimum Gasteiger partial charge on any atom is -0.330 e. The summed E-state index contributed by atoms with van der Waals surface area (Å²) in [6, 6.07) is 10.8. The molecule has 16 heavy (non-hydrogen) atoms. The van der Waals surface area contributed by atoms with Crippen molar-refractivity contribution in [3.05, 3.63) is 35.9 Å². The second-order valence-corrected chi connectivity index (χ2v) is 5.18. The van der Waals surface area contributed by atoms with Crippen LogP contribution >= 0.6 is 0 Å². The molecule has 88 valence electrons. The van der Waals surface area contributed by atoms with Gasteiger partial charge in [0.2, 0.25) is 0 Å². The summed E-state index contributed by atoms with van der Waals surface area (Å²) in [5.74, 6) is 1.64. The van der Waals surface area contributed by atoms with Crippen LogP contribution in [0.5, 0.6) is 0 Å². The van der Waals surface area contributed by atoms with Crippen LogP contribution in [0.25, 0.3) is 0 Å². The third kappa shape index (κ3) is 3.34. The predicted molar refractivity (Wildman–Crippen MR) is 69.3 cm³/mol. The van der Waals surface area contributed by atoms with E-state index in [2.05, 4.69) is 30.3 Å². The predicted octanol–water partition coefficient (Wildman–Crippen LogP) is 3.38. The van der Waals surface area contributed by atoms with E-state index in [1.165, 1.54) is 37.7 Å². The first-order chi connectivity index (χ1) is 7.88. The highest BCUT2D eigenvalue weighted by Gasteiger charge is 2.19. The maximum atomic E-state index is 5.90. The molecule has 1 aliphatic carbocycles. The van der Waals surface area contributed by atoms with Crippen LogP contribution in [-0.2, 0) is 6.42 Å². The summed E-state index contributed by atoms with van der Waals surface area (Å²) in [5.41, 5.74) is 7.34. The fourth-order valence-electron chi connectivity index (χ4n) is 2.93. The zero-order valence-corrected chi connectivity index (χ0v) is 10.1. The molecule has 0 heterocycles. The largest absolute Gasteiger partial charge is 0.330 e. The van der Waals surface area contributed by atoms with E-state index >= 15 is 0 Å². The maximum absolute atomic E-state index is 5.90. The van der Waals surface area contributed by atoms with Crippen molar-refractivity contribution in [3.63, 3.8) is 0 Å². The summed E-state index contributed by atoms with van der Waals surface area (Å²) >= 11 is 0. The molecule has 0 amide bonds. The van der Waals surface area contributed by atoms with E-state index in [0.29, 0.717) is 5.92 Å². The molecular formula is C15H23N. The molecule has 1 atom stereocenters. The number of benzene rings is 1. The van der Waals surface area contributed by atoms with Gasteiger partial charge in [-0.3, -0.25) is 0 Å². The van der Waals surface area contributed by atoms with Gasteiger partial charge in [0.1, 0.15) is 0 Å². The topological polar surface area (TPSA) is 26.0 Å². The van der Waals surface area contributed by atoms with Gasteiger partial charge in [0.25, 0.3) is 0 Å². The molecule has 0 saturated heterocycles. The van der Waals surface area contributed by atoms with Crippen LogP contribution in [-0.4, -0.2) is 6.54 Å². The van der Waals surface area contributed by atoms with Crippen LogP contribution in [0, 0.1) is 11.8 Å². The van der Waals surface area contributed by atoms with Gasteiger partial charge in [-0.15, -0.1) is 0 Å². The van der Waals surface area contributed by atoms with Gasteiger partial charge in [-0.05, 0) is 36.8 Å². The molecule has 2 rings (SSSR count). The summed E-state index contributed by atoms with van der Waals surface area (Å²) in [5, 5.41) is 0. The van der Waals surface area contributed by atoms with Gasteiger partial charge in [-0.1, -0.05) is 56.0 Å². The van der Waals surface area contributed by atoms with Crippen molar-refractivity contribution in [1.29, 1.82) is 0 Å². The van der Waals surface area contributed by atoms with Gasteiger partial charge < -0.3 is 5.73 Å². The molecule has 1 nitrogen and oxygen atoms in total. The molecule has 1 saturated carbocycles. The third-order valence-corrected chi connectivity index (χ3v) is 3.84. The van der Waals surface area contributed by atoms with Crippen LogP contribution < -0.4 is 5.73 Å². The smallest absolute Gasteiger partial charge is 0.00456 e. The van der Waals surface area contributed by atoms with Crippen LogP contribution in [0.2, 0.25) is 0 Å². The van der Waals surface area contributed by atoms with E-state index in [0.717, 1.165) is 18.9 Å². The zero-order valence-electron chi connectivity index (χ0n) is 10.1. The Hall–Kier alpha value is -0.820. The van der Waals surface area contributed by atoms with E-state index in [4.69, 9.17) is 5.73 Å². The van der Waals surface area contributed by atoms with E-state index in [1.54, 1.807) is 0 Å². The molecule has 0 spiro atoms. The average molecular weight is 217 g/mol. The van der Waals surface area contributed by atoms with Crippen molar-refractivity contribution in [2.24, 2.45) is 17.6 Å². The lowest BCUT2D eigenvalue weighted by Crippen LogP contribution is -2.19. The Kier molecular flexibility index (Phi) is 4.41. The normalized spacial score (nSPS) is 18.8. The monoisotopic (exact) mass is 217 g/mol. The SMILES string of the molecule is NCC(Cc1ccccc1)CC1CCCC1. The van der Waals surface area contributed by atoms with Crippen molar-refractivity contribution in [1.82, 2.24) is 0 Å². The number of nitrogens with two attached hydrogens (primary N) is 1. The van der Waals surface area contributed by atoms with Crippen molar-refractivity contribution in [2.45, 2.75) is 38.5 Å². The number of rotatable bonds is 5. The van der Waals surface area contributed by atoms with Gasteiger partial charge in [0.05, 0.1) is 0 Å². The Labute approximate surface area is 99.0 Å². The van der Waals surface area contributed by atoms with E-state index in [9.17, 15) is 0 Å². The molecule has 1 aromatic rings. The molecule has 1 fully saturated rings. The number of hydrogen-bond acceptors (Lipinski definition) is 1. The lowest BCUT2D eigenvalue weighted by molar-refractivity contribution is 0.379. The highest BCUT2D eigenvalue weighted by Crippen LogP contribution is 2.31. The maximum Gasteiger partial charge on any atom is -0.00456 e. The van der Waals surface area contributed by atoms with Gasteiger partial charge >= 0.3 is 0 Å². The molecule has 0 bridgehead atoms. The summed E-state index contributed by atoms with van der Waals surface area (Å²) < 4.78 is 0. The summed E-state index contributed by atoms with van der Waals surface area (Å²) in [4.78, 5) is 0. The molecule has 1 aromatic carbocycles. The Morgan fingerprint density at radius 1 is 1.12 bits per heavy atom. The highest BCUT2D eigenvalue weighted by atomic mass is 14.5. The molecule has 2 N–H and O–H groups in total. The molecule has 0 radical (unpaired) electrons. The first kappa shape index (κ1) is 11.7. The fourth-order valence-corrected chi connectivity index (χ4v) is 2.93. The average Bonchev–Trinajstić information content (AvgIpc) is 2.82. The minimum atomic E-state index is 0.686. The molecule has 1 aliphatic rings. The van der Waals surface area contributed by atoms with Crippen LogP contribution in [0.15, 0.2) is 30.3 Å². The fraction of sp³-hybridized carbons (Fsp3) is 0.600. The first-order valence-corrected chi connectivity index (χ1v) is 6.62. The lowest BCUT2D eigenvalue weighted by atomic mass is 9.88. The molecule has 1 heteroatoms. The van der Waals surface area contributed by atoms with Crippen molar-refractivity contribution in [2.75, 3.05) is 6.54 Å². The zero-order chi connectivity index (χ0) is 11.2.